The van der Waals surface area contributed by atoms with Crippen molar-refractivity contribution in [3.8, 4) is 5.75 Å². The highest BCUT2D eigenvalue weighted by molar-refractivity contribution is 8.13. The Hall–Kier alpha value is -3.62. The molecule has 9 heteroatoms. The first-order chi connectivity index (χ1) is 14.9. The van der Waals surface area contributed by atoms with Crippen LogP contribution in [0.1, 0.15) is 0 Å². The molecule has 4 aromatic rings. The van der Waals surface area contributed by atoms with Gasteiger partial charge in [-0.05, 0) is 60.0 Å². The van der Waals surface area contributed by atoms with Gasteiger partial charge in [0, 0.05) is 16.1 Å². The number of aromatic hydroxyl groups is 1. The molecule has 0 aliphatic rings. The van der Waals surface area contributed by atoms with E-state index in [1.165, 1.54) is 24.3 Å². The smallest absolute Gasteiger partial charge is 0.261 e. The summed E-state index contributed by atoms with van der Waals surface area (Å²) >= 11 is 0. The van der Waals surface area contributed by atoms with Crippen molar-refractivity contribution in [2.24, 2.45) is 20.5 Å². The molecule has 0 bridgehead atoms. The van der Waals surface area contributed by atoms with Gasteiger partial charge >= 0.3 is 0 Å². The second-order valence-corrected chi connectivity index (χ2v) is 9.07. The lowest BCUT2D eigenvalue weighted by Crippen LogP contribution is -1.90. The fraction of sp³-hybridized carbons (Fsp3) is 0. The Labute approximate surface area is 182 Å². The van der Waals surface area contributed by atoms with Crippen molar-refractivity contribution in [3.63, 3.8) is 0 Å². The van der Waals surface area contributed by atoms with E-state index < -0.39 is 9.05 Å². The molecule has 0 fully saturated rings. The van der Waals surface area contributed by atoms with Gasteiger partial charge in [-0.2, -0.15) is 15.3 Å². The molecule has 1 N–H and O–H groups in total. The third-order valence-corrected chi connectivity index (χ3v) is 5.73. The molecule has 4 rings (SSSR count). The standard InChI is InChI=1S/C22H15ClN4O3S/c23-31(29,30)19-11-12-20-15(14-19)6-13-21(28)22(20)27-26-18-9-7-17(8-10-18)25-24-16-4-2-1-3-5-16/h1-14,28H. The van der Waals surface area contributed by atoms with Crippen LogP contribution < -0.4 is 0 Å². The Bertz CT molecular complexity index is 1400. The second-order valence-electron chi connectivity index (χ2n) is 6.51. The van der Waals surface area contributed by atoms with Crippen LogP contribution in [0, 0.1) is 0 Å². The van der Waals surface area contributed by atoms with Gasteiger partial charge in [0.25, 0.3) is 9.05 Å². The van der Waals surface area contributed by atoms with Gasteiger partial charge in [0.05, 0.1) is 22.0 Å². The Kier molecular flexibility index (Phi) is 5.75. The fourth-order valence-electron chi connectivity index (χ4n) is 2.84. The van der Waals surface area contributed by atoms with E-state index in [-0.39, 0.29) is 16.3 Å². The van der Waals surface area contributed by atoms with Gasteiger partial charge < -0.3 is 5.11 Å². The number of hydrogen-bond donors (Lipinski definition) is 1. The maximum absolute atomic E-state index is 11.6. The molecule has 0 amide bonds. The minimum Gasteiger partial charge on any atom is -0.506 e. The van der Waals surface area contributed by atoms with Crippen molar-refractivity contribution in [2.45, 2.75) is 4.90 Å². The van der Waals surface area contributed by atoms with Crippen LogP contribution in [0.3, 0.4) is 0 Å². The number of fused-ring (bicyclic) bond motifs is 1. The van der Waals surface area contributed by atoms with Gasteiger partial charge in [-0.25, -0.2) is 8.42 Å². The van der Waals surface area contributed by atoms with Crippen LogP contribution in [0.5, 0.6) is 5.75 Å². The highest BCUT2D eigenvalue weighted by Crippen LogP contribution is 2.37. The lowest BCUT2D eigenvalue weighted by molar-refractivity contribution is 0.477. The zero-order valence-electron chi connectivity index (χ0n) is 15.9. The summed E-state index contributed by atoms with van der Waals surface area (Å²) in [6, 6.07) is 23.7. The number of halogens is 1. The van der Waals surface area contributed by atoms with Crippen molar-refractivity contribution >= 4 is 53.3 Å². The molecule has 7 nitrogen and oxygen atoms in total. The van der Waals surface area contributed by atoms with Crippen LogP contribution in [-0.4, -0.2) is 13.5 Å². The molecule has 0 aromatic heterocycles. The van der Waals surface area contributed by atoms with E-state index in [4.69, 9.17) is 10.7 Å². The molecule has 0 radical (unpaired) electrons. The van der Waals surface area contributed by atoms with Crippen molar-refractivity contribution in [1.82, 2.24) is 0 Å². The molecular weight excluding hydrogens is 436 g/mol. The number of phenolic OH excluding ortho intramolecular Hbond substituents is 1. The lowest BCUT2D eigenvalue weighted by atomic mass is 10.1. The monoisotopic (exact) mass is 450 g/mol. The minimum absolute atomic E-state index is 0.0319. The summed E-state index contributed by atoms with van der Waals surface area (Å²) in [6.07, 6.45) is 0. The summed E-state index contributed by atoms with van der Waals surface area (Å²) in [4.78, 5) is -0.0319. The van der Waals surface area contributed by atoms with Crippen LogP contribution in [0.2, 0.25) is 0 Å². The zero-order valence-corrected chi connectivity index (χ0v) is 17.5. The highest BCUT2D eigenvalue weighted by Gasteiger charge is 2.13. The molecule has 0 unspecified atom stereocenters. The van der Waals surface area contributed by atoms with E-state index in [0.29, 0.717) is 22.1 Å². The number of benzene rings is 4. The molecule has 154 valence electrons. The Morgan fingerprint density at radius 1 is 0.677 bits per heavy atom. The fourth-order valence-corrected chi connectivity index (χ4v) is 3.63. The van der Waals surface area contributed by atoms with Crippen LogP contribution in [0.15, 0.2) is 110 Å². The lowest BCUT2D eigenvalue weighted by Gasteiger charge is -2.05. The first-order valence-electron chi connectivity index (χ1n) is 9.09. The van der Waals surface area contributed by atoms with Gasteiger partial charge in [-0.3, -0.25) is 0 Å². The van der Waals surface area contributed by atoms with Gasteiger partial charge in [0.15, 0.2) is 0 Å². The summed E-state index contributed by atoms with van der Waals surface area (Å²) < 4.78 is 23.1. The van der Waals surface area contributed by atoms with Crippen molar-refractivity contribution in [3.05, 3.63) is 84.9 Å². The van der Waals surface area contributed by atoms with Gasteiger partial charge in [0.2, 0.25) is 0 Å². The average Bonchev–Trinajstić information content (AvgIpc) is 2.77. The predicted octanol–water partition coefficient (Wildman–Crippen LogP) is 7.30. The van der Waals surface area contributed by atoms with E-state index >= 15 is 0 Å². The molecule has 0 heterocycles. The topological polar surface area (TPSA) is 104 Å². The average molecular weight is 451 g/mol. The Balaban J connectivity index is 1.59. The van der Waals surface area contributed by atoms with Crippen LogP contribution in [0.4, 0.5) is 22.7 Å². The van der Waals surface area contributed by atoms with Crippen molar-refractivity contribution in [1.29, 1.82) is 0 Å². The van der Waals surface area contributed by atoms with E-state index in [1.807, 2.05) is 30.3 Å². The van der Waals surface area contributed by atoms with Crippen molar-refractivity contribution < 1.29 is 13.5 Å². The highest BCUT2D eigenvalue weighted by atomic mass is 35.7. The number of azo groups is 2. The molecule has 0 saturated heterocycles. The molecule has 0 atom stereocenters. The summed E-state index contributed by atoms with van der Waals surface area (Å²) in [5, 5.41) is 28.0. The van der Waals surface area contributed by atoms with Gasteiger partial charge in [-0.15, -0.1) is 5.11 Å². The van der Waals surface area contributed by atoms with E-state index in [9.17, 15) is 13.5 Å². The third-order valence-electron chi connectivity index (χ3n) is 4.38. The van der Waals surface area contributed by atoms with Crippen LogP contribution >= 0.6 is 10.7 Å². The molecule has 4 aromatic carbocycles. The number of nitrogens with zero attached hydrogens (tertiary/aromatic N) is 4. The largest absolute Gasteiger partial charge is 0.506 e. The first-order valence-corrected chi connectivity index (χ1v) is 11.4. The van der Waals surface area contributed by atoms with Gasteiger partial charge in [-0.1, -0.05) is 30.3 Å². The maximum atomic E-state index is 11.6. The predicted molar refractivity (Wildman–Crippen MR) is 120 cm³/mol. The maximum Gasteiger partial charge on any atom is 0.261 e. The summed E-state index contributed by atoms with van der Waals surface area (Å²) in [5.41, 5.74) is 2.19. The zero-order chi connectivity index (χ0) is 21.8. The van der Waals surface area contributed by atoms with E-state index in [0.717, 1.165) is 5.69 Å². The molecular formula is C22H15ClN4O3S. The van der Waals surface area contributed by atoms with Gasteiger partial charge in [0.1, 0.15) is 11.4 Å². The van der Waals surface area contributed by atoms with Crippen LogP contribution in [-0.2, 0) is 9.05 Å². The normalized spacial score (nSPS) is 12.2. The second kappa shape index (κ2) is 8.63. The molecule has 0 aliphatic carbocycles. The SMILES string of the molecule is O=S(=O)(Cl)c1ccc2c(N=Nc3ccc(N=Nc4ccccc4)cc3)c(O)ccc2c1. The summed E-state index contributed by atoms with van der Waals surface area (Å²) in [5.74, 6) is -0.0778. The molecule has 0 saturated carbocycles. The van der Waals surface area contributed by atoms with Crippen LogP contribution in [0.25, 0.3) is 10.8 Å². The van der Waals surface area contributed by atoms with E-state index in [2.05, 4.69) is 20.5 Å². The number of rotatable bonds is 5. The number of hydrogen-bond acceptors (Lipinski definition) is 7. The Morgan fingerprint density at radius 2 is 1.26 bits per heavy atom. The summed E-state index contributed by atoms with van der Waals surface area (Å²) in [6.45, 7) is 0. The van der Waals surface area contributed by atoms with E-state index in [1.54, 1.807) is 30.3 Å². The summed E-state index contributed by atoms with van der Waals surface area (Å²) in [7, 11) is 1.55. The first kappa shape index (κ1) is 20.6. The number of phenols is 1. The quantitative estimate of drug-likeness (QED) is 0.254. The third kappa shape index (κ3) is 4.93. The Morgan fingerprint density at radius 3 is 1.87 bits per heavy atom. The molecule has 31 heavy (non-hydrogen) atoms. The molecule has 0 aliphatic heterocycles. The molecule has 0 spiro atoms. The van der Waals surface area contributed by atoms with Crippen molar-refractivity contribution in [2.75, 3.05) is 0 Å². The minimum atomic E-state index is -3.86.